The summed E-state index contributed by atoms with van der Waals surface area (Å²) in [4.78, 5) is 12.3. The van der Waals surface area contributed by atoms with E-state index in [1.807, 2.05) is 26.0 Å². The fraction of sp³-hybridized carbons (Fsp3) is 0.250. The number of hydrogen-bond donors (Lipinski definition) is 1. The van der Waals surface area contributed by atoms with Crippen molar-refractivity contribution < 1.29 is 13.9 Å². The van der Waals surface area contributed by atoms with Crippen LogP contribution in [0.3, 0.4) is 0 Å². The summed E-state index contributed by atoms with van der Waals surface area (Å²) in [6, 6.07) is 8.83. The molecule has 1 atom stereocenters. The van der Waals surface area contributed by atoms with Crippen molar-refractivity contribution in [3.8, 4) is 5.75 Å². The average Bonchev–Trinajstić information content (AvgIpc) is 3.16. The highest BCUT2D eigenvalue weighted by molar-refractivity contribution is 9.10. The number of carbonyl (C=O) groups is 1. The van der Waals surface area contributed by atoms with Gasteiger partial charge in [0.05, 0.1) is 16.5 Å². The fourth-order valence-corrected chi connectivity index (χ4v) is 4.02. The van der Waals surface area contributed by atoms with Crippen LogP contribution in [0.4, 0.5) is 5.69 Å². The number of benzene rings is 2. The number of carbonyl (C=O) groups excluding carboxylic acids is 1. The van der Waals surface area contributed by atoms with Gasteiger partial charge in [0.25, 0.3) is 11.1 Å². The Balaban J connectivity index is 1.56. The minimum atomic E-state index is -0.522. The molecule has 1 aromatic heterocycles. The van der Waals surface area contributed by atoms with E-state index in [1.165, 1.54) is 0 Å². The summed E-state index contributed by atoms with van der Waals surface area (Å²) >= 11 is 16.6. The zero-order chi connectivity index (χ0) is 21.8. The molecule has 0 fully saturated rings. The first-order valence-corrected chi connectivity index (χ1v) is 11.4. The lowest BCUT2D eigenvalue weighted by atomic mass is 10.1. The largest absolute Gasteiger partial charge is 0.479 e. The molecule has 158 valence electrons. The van der Waals surface area contributed by atoms with Crippen LogP contribution in [0.5, 0.6) is 5.75 Å². The summed E-state index contributed by atoms with van der Waals surface area (Å²) in [6.45, 7) is 5.77. The molecule has 10 heteroatoms. The first-order chi connectivity index (χ1) is 14.2. The number of aromatic nitrogens is 2. The van der Waals surface area contributed by atoms with Crippen LogP contribution in [-0.4, -0.2) is 21.9 Å². The maximum absolute atomic E-state index is 12.3. The van der Waals surface area contributed by atoms with Crippen molar-refractivity contribution >= 4 is 62.5 Å². The molecule has 0 aliphatic carbocycles. The summed E-state index contributed by atoms with van der Waals surface area (Å²) in [5.74, 6) is 0.681. The van der Waals surface area contributed by atoms with Gasteiger partial charge < -0.3 is 14.5 Å². The number of thioether (sulfide) groups is 1. The van der Waals surface area contributed by atoms with Gasteiger partial charge in [0.15, 0.2) is 6.10 Å². The number of aryl methyl sites for hydroxylation is 2. The fourth-order valence-electron chi connectivity index (χ4n) is 2.44. The maximum Gasteiger partial charge on any atom is 0.277 e. The van der Waals surface area contributed by atoms with Gasteiger partial charge in [0.1, 0.15) is 5.75 Å². The summed E-state index contributed by atoms with van der Waals surface area (Å²) in [5.41, 5.74) is 2.96. The van der Waals surface area contributed by atoms with Crippen LogP contribution < -0.4 is 10.1 Å². The first-order valence-electron chi connectivity index (χ1n) is 8.87. The van der Waals surface area contributed by atoms with E-state index in [-0.39, 0.29) is 22.8 Å². The summed E-state index contributed by atoms with van der Waals surface area (Å²) in [6.07, 6.45) is -0.522. The number of amides is 1. The number of halogens is 3. The molecule has 1 heterocycles. The van der Waals surface area contributed by atoms with E-state index in [0.717, 1.165) is 33.0 Å². The molecule has 1 N–H and O–H groups in total. The number of anilines is 1. The van der Waals surface area contributed by atoms with Crippen LogP contribution in [0.15, 0.2) is 44.4 Å². The van der Waals surface area contributed by atoms with Gasteiger partial charge in [-0.2, -0.15) is 0 Å². The van der Waals surface area contributed by atoms with Gasteiger partial charge in [-0.15, -0.1) is 10.2 Å². The first kappa shape index (κ1) is 22.9. The Bertz CT molecular complexity index is 1080. The van der Waals surface area contributed by atoms with Crippen LogP contribution in [0, 0.1) is 13.8 Å². The highest BCUT2D eigenvalue weighted by Gasteiger charge is 2.18. The van der Waals surface area contributed by atoms with Crippen molar-refractivity contribution in [1.82, 2.24) is 10.2 Å². The molecule has 0 radical (unpaired) electrons. The highest BCUT2D eigenvalue weighted by atomic mass is 79.9. The van der Waals surface area contributed by atoms with Crippen LogP contribution in [-0.2, 0) is 4.79 Å². The molecule has 0 unspecified atom stereocenters. The topological polar surface area (TPSA) is 77.2 Å². The molecular formula is C20H18BrCl2N3O3S. The second kappa shape index (κ2) is 10.0. The third-order valence-electron chi connectivity index (χ3n) is 4.15. The van der Waals surface area contributed by atoms with Gasteiger partial charge in [0, 0.05) is 9.50 Å². The Morgan fingerprint density at radius 3 is 2.70 bits per heavy atom. The number of ether oxygens (including phenoxy) is 1. The maximum atomic E-state index is 12.3. The number of hydrogen-bond acceptors (Lipinski definition) is 6. The smallest absolute Gasteiger partial charge is 0.277 e. The Morgan fingerprint density at radius 2 is 1.97 bits per heavy atom. The molecule has 0 aliphatic heterocycles. The third-order valence-corrected chi connectivity index (χ3v) is 6.16. The summed E-state index contributed by atoms with van der Waals surface area (Å²) in [7, 11) is 0. The second-order valence-electron chi connectivity index (χ2n) is 6.49. The van der Waals surface area contributed by atoms with Crippen molar-refractivity contribution in [3.05, 3.63) is 61.9 Å². The third kappa shape index (κ3) is 5.91. The van der Waals surface area contributed by atoms with Gasteiger partial charge in [-0.1, -0.05) is 35.0 Å². The van der Waals surface area contributed by atoms with Gasteiger partial charge in [0.2, 0.25) is 5.91 Å². The molecule has 2 aromatic carbocycles. The zero-order valence-corrected chi connectivity index (χ0v) is 20.2. The van der Waals surface area contributed by atoms with E-state index < -0.39 is 6.10 Å². The summed E-state index contributed by atoms with van der Waals surface area (Å²) < 4.78 is 12.2. The van der Waals surface area contributed by atoms with Crippen LogP contribution in [0.2, 0.25) is 10.0 Å². The van der Waals surface area contributed by atoms with E-state index in [1.54, 1.807) is 25.1 Å². The van der Waals surface area contributed by atoms with E-state index in [9.17, 15) is 4.79 Å². The Hall–Kier alpha value is -1.74. The van der Waals surface area contributed by atoms with Crippen molar-refractivity contribution in [2.24, 2.45) is 0 Å². The zero-order valence-electron chi connectivity index (χ0n) is 16.3. The minimum absolute atomic E-state index is 0.124. The molecule has 6 nitrogen and oxygen atoms in total. The minimum Gasteiger partial charge on any atom is -0.479 e. The Kier molecular flexibility index (Phi) is 7.68. The van der Waals surface area contributed by atoms with Gasteiger partial charge in [-0.25, -0.2) is 0 Å². The number of rotatable bonds is 7. The van der Waals surface area contributed by atoms with Crippen molar-refractivity contribution in [1.29, 1.82) is 0 Å². The lowest BCUT2D eigenvalue weighted by Gasteiger charge is -2.12. The lowest BCUT2D eigenvalue weighted by molar-refractivity contribution is -0.113. The average molecular weight is 531 g/mol. The summed E-state index contributed by atoms with van der Waals surface area (Å²) in [5, 5.41) is 12.0. The van der Waals surface area contributed by atoms with Gasteiger partial charge in [-0.05, 0) is 78.2 Å². The van der Waals surface area contributed by atoms with Crippen LogP contribution >= 0.6 is 50.9 Å². The number of nitrogens with zero attached hydrogens (tertiary/aromatic N) is 2. The predicted octanol–water partition coefficient (Wildman–Crippen LogP) is 6.63. The van der Waals surface area contributed by atoms with E-state index in [4.69, 9.17) is 32.4 Å². The molecule has 0 saturated carbocycles. The van der Waals surface area contributed by atoms with Crippen LogP contribution in [0.25, 0.3) is 0 Å². The molecule has 1 amide bonds. The normalized spacial score (nSPS) is 11.9. The second-order valence-corrected chi connectivity index (χ2v) is 9.12. The molecule has 0 aliphatic rings. The van der Waals surface area contributed by atoms with Crippen molar-refractivity contribution in [2.45, 2.75) is 32.1 Å². The lowest BCUT2D eigenvalue weighted by Crippen LogP contribution is -2.14. The van der Waals surface area contributed by atoms with E-state index >= 15 is 0 Å². The Morgan fingerprint density at radius 1 is 1.23 bits per heavy atom. The SMILES string of the molecule is Cc1cc(Br)c(NC(=O)CSc2nnc([C@@H](C)Oc3ccc(Cl)cc3Cl)o2)cc1C. The molecule has 3 aromatic rings. The monoisotopic (exact) mass is 529 g/mol. The quantitative estimate of drug-likeness (QED) is 0.345. The molecule has 0 bridgehead atoms. The molecule has 0 spiro atoms. The highest BCUT2D eigenvalue weighted by Crippen LogP contribution is 2.32. The number of nitrogens with one attached hydrogen (secondary N) is 1. The Labute approximate surface area is 196 Å². The van der Waals surface area contributed by atoms with E-state index in [0.29, 0.717) is 15.8 Å². The van der Waals surface area contributed by atoms with E-state index in [2.05, 4.69) is 31.4 Å². The van der Waals surface area contributed by atoms with Gasteiger partial charge >= 0.3 is 0 Å². The molecule has 0 saturated heterocycles. The molecular weight excluding hydrogens is 513 g/mol. The van der Waals surface area contributed by atoms with Crippen molar-refractivity contribution in [3.63, 3.8) is 0 Å². The predicted molar refractivity (Wildman–Crippen MR) is 123 cm³/mol. The van der Waals surface area contributed by atoms with Crippen molar-refractivity contribution in [2.75, 3.05) is 11.1 Å². The molecule has 30 heavy (non-hydrogen) atoms. The van der Waals surface area contributed by atoms with Crippen LogP contribution in [0.1, 0.15) is 30.0 Å². The van der Waals surface area contributed by atoms with Gasteiger partial charge in [-0.3, -0.25) is 4.79 Å². The standard InChI is InChI=1S/C20H18BrCl2N3O3S/c1-10-6-14(21)16(7-11(10)2)24-18(27)9-30-20-26-25-19(29-20)12(3)28-17-5-4-13(22)8-15(17)23/h4-8,12H,9H2,1-3H3,(H,24,27)/t12-/m1/s1. The molecule has 3 rings (SSSR count).